The molecule has 0 aromatic heterocycles. The summed E-state index contributed by atoms with van der Waals surface area (Å²) < 4.78 is 0. The van der Waals surface area contributed by atoms with Gasteiger partial charge in [0.2, 0.25) is 17.7 Å². The highest BCUT2D eigenvalue weighted by atomic mass is 35.5. The van der Waals surface area contributed by atoms with Crippen molar-refractivity contribution in [3.8, 4) is 0 Å². The molecule has 9 heteroatoms. The fraction of sp³-hybridized carbons (Fsp3) is 0.516. The first-order valence-corrected chi connectivity index (χ1v) is 14.9. The number of hydrogen-bond donors (Lipinski definition) is 4. The highest BCUT2D eigenvalue weighted by Crippen LogP contribution is 2.29. The maximum atomic E-state index is 13.7. The number of amides is 3. The van der Waals surface area contributed by atoms with E-state index in [1.807, 2.05) is 24.3 Å². The molecule has 5 rings (SSSR count). The lowest BCUT2D eigenvalue weighted by Crippen LogP contribution is -2.56. The second kappa shape index (κ2) is 13.1. The maximum Gasteiger partial charge on any atom is 0.243 e. The summed E-state index contributed by atoms with van der Waals surface area (Å²) >= 11 is 6.09. The van der Waals surface area contributed by atoms with Gasteiger partial charge in [0, 0.05) is 43.7 Å². The molecule has 0 spiro atoms. The molecule has 0 bridgehead atoms. The second-order valence-corrected chi connectivity index (χ2v) is 11.8. The van der Waals surface area contributed by atoms with Crippen molar-refractivity contribution >= 4 is 29.3 Å². The summed E-state index contributed by atoms with van der Waals surface area (Å²) in [5.41, 5.74) is 3.25. The molecule has 1 aliphatic carbocycles. The SMILES string of the molecule is CNC(=O)[C@@H]1C[C@H](NC(=O)[C@@H](Cc2ccc(Cl)cc2)NC(=O)[C@H]2Cc3ccccc3CN2)CN1C1CCCCC1. The summed E-state index contributed by atoms with van der Waals surface area (Å²) in [5.74, 6) is -0.426. The molecule has 4 N–H and O–H groups in total. The smallest absolute Gasteiger partial charge is 0.243 e. The molecule has 0 radical (unpaired) electrons. The Morgan fingerprint density at radius 3 is 2.45 bits per heavy atom. The van der Waals surface area contributed by atoms with E-state index >= 15 is 0 Å². The Bertz CT molecular complexity index is 1200. The van der Waals surface area contributed by atoms with E-state index in [1.54, 1.807) is 19.2 Å². The van der Waals surface area contributed by atoms with E-state index in [9.17, 15) is 14.4 Å². The van der Waals surface area contributed by atoms with E-state index in [2.05, 4.69) is 38.3 Å². The van der Waals surface area contributed by atoms with Gasteiger partial charge < -0.3 is 21.3 Å². The minimum absolute atomic E-state index is 0.00278. The number of likely N-dealkylation sites (tertiary alicyclic amines) is 1. The molecule has 1 saturated heterocycles. The van der Waals surface area contributed by atoms with Crippen molar-refractivity contribution in [3.63, 3.8) is 0 Å². The largest absolute Gasteiger partial charge is 0.358 e. The van der Waals surface area contributed by atoms with Crippen LogP contribution in [0.1, 0.15) is 55.2 Å². The Balaban J connectivity index is 1.28. The van der Waals surface area contributed by atoms with Gasteiger partial charge in [-0.05, 0) is 54.5 Å². The molecule has 3 aliphatic rings. The standard InChI is InChI=1S/C31H40ClN5O3/c1-33-31(40)28-17-24(19-37(28)25-9-3-2-4-10-25)35-30(39)27(15-20-11-13-23(32)14-12-20)36-29(38)26-16-21-7-5-6-8-22(21)18-34-26/h5-8,11-14,24-28,34H,2-4,9-10,15-19H2,1H3,(H,33,40)(H,35,39)(H,36,38)/t24-,26+,27+,28-/m0/s1. The number of nitrogens with one attached hydrogen (secondary N) is 4. The molecule has 214 valence electrons. The van der Waals surface area contributed by atoms with E-state index in [-0.39, 0.29) is 29.8 Å². The number of benzene rings is 2. The number of carbonyl (C=O) groups excluding carboxylic acids is 3. The number of hydrogen-bond acceptors (Lipinski definition) is 5. The van der Waals surface area contributed by atoms with Gasteiger partial charge in [0.25, 0.3) is 0 Å². The monoisotopic (exact) mass is 565 g/mol. The van der Waals surface area contributed by atoms with Gasteiger partial charge in [0.15, 0.2) is 0 Å². The minimum atomic E-state index is -0.755. The Kier molecular flexibility index (Phi) is 9.40. The van der Waals surface area contributed by atoms with Crippen LogP contribution < -0.4 is 21.3 Å². The first-order chi connectivity index (χ1) is 19.4. The van der Waals surface area contributed by atoms with Crippen molar-refractivity contribution in [3.05, 3.63) is 70.2 Å². The van der Waals surface area contributed by atoms with Crippen molar-refractivity contribution in [1.82, 2.24) is 26.2 Å². The minimum Gasteiger partial charge on any atom is -0.358 e. The lowest BCUT2D eigenvalue weighted by atomic mass is 9.93. The molecule has 1 saturated carbocycles. The Hall–Kier alpha value is -2.94. The van der Waals surface area contributed by atoms with Crippen LogP contribution in [-0.2, 0) is 33.8 Å². The Labute approximate surface area is 241 Å². The quantitative estimate of drug-likeness (QED) is 0.394. The van der Waals surface area contributed by atoms with Crippen LogP contribution >= 0.6 is 11.6 Å². The van der Waals surface area contributed by atoms with Crippen LogP contribution in [-0.4, -0.2) is 66.4 Å². The zero-order valence-electron chi connectivity index (χ0n) is 23.1. The average molecular weight is 566 g/mol. The molecule has 0 unspecified atom stereocenters. The van der Waals surface area contributed by atoms with Crippen LogP contribution in [0.3, 0.4) is 0 Å². The van der Waals surface area contributed by atoms with E-state index in [1.165, 1.54) is 24.8 Å². The predicted octanol–water partition coefficient (Wildman–Crippen LogP) is 2.72. The molecule has 3 amide bonds. The topological polar surface area (TPSA) is 103 Å². The van der Waals surface area contributed by atoms with E-state index in [4.69, 9.17) is 11.6 Å². The summed E-state index contributed by atoms with van der Waals surface area (Å²) in [6.45, 7) is 1.25. The summed E-state index contributed by atoms with van der Waals surface area (Å²) in [4.78, 5) is 42.2. The summed E-state index contributed by atoms with van der Waals surface area (Å²) in [7, 11) is 1.67. The molecule has 4 atom stereocenters. The molecule has 2 aliphatic heterocycles. The third-order valence-corrected chi connectivity index (χ3v) is 8.91. The molecule has 2 heterocycles. The van der Waals surface area contributed by atoms with Gasteiger partial charge in [-0.25, -0.2) is 0 Å². The molecule has 8 nitrogen and oxygen atoms in total. The Morgan fingerprint density at radius 1 is 1.00 bits per heavy atom. The van der Waals surface area contributed by atoms with Crippen LogP contribution in [0.5, 0.6) is 0 Å². The van der Waals surface area contributed by atoms with Gasteiger partial charge in [0.05, 0.1) is 12.1 Å². The van der Waals surface area contributed by atoms with Crippen LogP contribution in [0.15, 0.2) is 48.5 Å². The van der Waals surface area contributed by atoms with Crippen LogP contribution in [0.25, 0.3) is 0 Å². The van der Waals surface area contributed by atoms with Gasteiger partial charge in [-0.15, -0.1) is 0 Å². The van der Waals surface area contributed by atoms with E-state index < -0.39 is 12.1 Å². The van der Waals surface area contributed by atoms with Crippen molar-refractivity contribution in [2.24, 2.45) is 0 Å². The Morgan fingerprint density at radius 2 is 1.73 bits per heavy atom. The number of halogens is 1. The van der Waals surface area contributed by atoms with E-state index in [0.717, 1.165) is 24.0 Å². The molecule has 2 fully saturated rings. The van der Waals surface area contributed by atoms with Crippen molar-refractivity contribution in [2.75, 3.05) is 13.6 Å². The second-order valence-electron chi connectivity index (χ2n) is 11.4. The van der Waals surface area contributed by atoms with Gasteiger partial charge in [-0.3, -0.25) is 19.3 Å². The molecular weight excluding hydrogens is 526 g/mol. The molecule has 2 aromatic rings. The maximum absolute atomic E-state index is 13.7. The summed E-state index contributed by atoms with van der Waals surface area (Å²) in [6.07, 6.45) is 7.23. The fourth-order valence-corrected chi connectivity index (χ4v) is 6.61. The van der Waals surface area contributed by atoms with E-state index in [0.29, 0.717) is 43.4 Å². The van der Waals surface area contributed by atoms with Gasteiger partial charge >= 0.3 is 0 Å². The summed E-state index contributed by atoms with van der Waals surface area (Å²) in [5, 5.41) is 13.0. The van der Waals surface area contributed by atoms with Gasteiger partial charge in [-0.2, -0.15) is 0 Å². The number of fused-ring (bicyclic) bond motifs is 1. The molecule has 2 aromatic carbocycles. The number of carbonyl (C=O) groups is 3. The zero-order chi connectivity index (χ0) is 28.1. The molecule has 40 heavy (non-hydrogen) atoms. The normalized spacial score (nSPS) is 24.1. The van der Waals surface area contributed by atoms with Crippen molar-refractivity contribution in [2.45, 2.75) is 88.1 Å². The van der Waals surface area contributed by atoms with Crippen LogP contribution in [0.4, 0.5) is 0 Å². The van der Waals surface area contributed by atoms with Gasteiger partial charge in [-0.1, -0.05) is 67.3 Å². The number of nitrogens with zero attached hydrogens (tertiary/aromatic N) is 1. The van der Waals surface area contributed by atoms with Crippen molar-refractivity contribution in [1.29, 1.82) is 0 Å². The van der Waals surface area contributed by atoms with Gasteiger partial charge in [0.1, 0.15) is 6.04 Å². The lowest BCUT2D eigenvalue weighted by molar-refractivity contribution is -0.130. The first kappa shape index (κ1) is 28.6. The molecular formula is C31H40ClN5O3. The average Bonchev–Trinajstić information content (AvgIpc) is 3.41. The van der Waals surface area contributed by atoms with Crippen LogP contribution in [0.2, 0.25) is 5.02 Å². The first-order valence-electron chi connectivity index (χ1n) is 14.5. The third-order valence-electron chi connectivity index (χ3n) is 8.66. The van der Waals surface area contributed by atoms with Crippen molar-refractivity contribution < 1.29 is 14.4 Å². The lowest BCUT2D eigenvalue weighted by Gasteiger charge is -2.34. The predicted molar refractivity (Wildman–Crippen MR) is 156 cm³/mol. The number of rotatable bonds is 8. The highest BCUT2D eigenvalue weighted by Gasteiger charge is 2.41. The highest BCUT2D eigenvalue weighted by molar-refractivity contribution is 6.30. The third kappa shape index (κ3) is 6.85. The summed E-state index contributed by atoms with van der Waals surface area (Å²) in [6, 6.07) is 14.2. The van der Waals surface area contributed by atoms with Crippen LogP contribution in [0, 0.1) is 0 Å². The zero-order valence-corrected chi connectivity index (χ0v) is 23.9. The number of likely N-dealkylation sites (N-methyl/N-ethyl adjacent to an activating group) is 1. The fourth-order valence-electron chi connectivity index (χ4n) is 6.49.